The van der Waals surface area contributed by atoms with Gasteiger partial charge in [0.25, 0.3) is 0 Å². The summed E-state index contributed by atoms with van der Waals surface area (Å²) in [5.74, 6) is 1.19. The van der Waals surface area contributed by atoms with E-state index >= 15 is 0 Å². The van der Waals surface area contributed by atoms with Crippen LogP contribution in [0.2, 0.25) is 5.02 Å². The minimum Gasteiger partial charge on any atom is -0.325 e. The van der Waals surface area contributed by atoms with E-state index in [2.05, 4.69) is 21.2 Å². The number of hydrogen-bond donors (Lipinski definition) is 1. The van der Waals surface area contributed by atoms with Gasteiger partial charge in [0.1, 0.15) is 0 Å². The Kier molecular flexibility index (Phi) is 6.15. The summed E-state index contributed by atoms with van der Waals surface area (Å²) in [5, 5.41) is 3.63. The molecule has 0 saturated heterocycles. The van der Waals surface area contributed by atoms with Gasteiger partial charge in [-0.2, -0.15) is 0 Å². The van der Waals surface area contributed by atoms with Gasteiger partial charge < -0.3 is 5.32 Å². The lowest BCUT2D eigenvalue weighted by atomic mass is 10.2. The molecule has 0 aromatic heterocycles. The minimum absolute atomic E-state index is 0.00347. The second-order valence-corrected chi connectivity index (χ2v) is 6.91. The van der Waals surface area contributed by atoms with E-state index in [1.54, 1.807) is 11.8 Å². The number of nitrogens with one attached hydrogen (secondary N) is 1. The molecular formula is C16H15BrClNOS. The van der Waals surface area contributed by atoms with Gasteiger partial charge in [-0.15, -0.1) is 11.8 Å². The first-order valence-electron chi connectivity index (χ1n) is 6.43. The van der Waals surface area contributed by atoms with Crippen LogP contribution in [0.3, 0.4) is 0 Å². The van der Waals surface area contributed by atoms with E-state index in [0.29, 0.717) is 5.75 Å². The summed E-state index contributed by atoms with van der Waals surface area (Å²) >= 11 is 10.9. The fourth-order valence-corrected chi connectivity index (χ4v) is 3.04. The number of halogens is 2. The smallest absolute Gasteiger partial charge is 0.234 e. The topological polar surface area (TPSA) is 29.1 Å². The molecule has 1 N–H and O–H groups in total. The van der Waals surface area contributed by atoms with E-state index in [1.165, 1.54) is 0 Å². The number of benzene rings is 2. The Morgan fingerprint density at radius 2 is 2.10 bits per heavy atom. The van der Waals surface area contributed by atoms with Crippen molar-refractivity contribution < 1.29 is 4.79 Å². The summed E-state index contributed by atoms with van der Waals surface area (Å²) in [4.78, 5) is 11.9. The third-order valence-corrected chi connectivity index (χ3v) is 4.96. The van der Waals surface area contributed by atoms with E-state index in [1.807, 2.05) is 49.4 Å². The molecule has 0 fully saturated rings. The zero-order chi connectivity index (χ0) is 15.2. The Balaban J connectivity index is 1.81. The van der Waals surface area contributed by atoms with E-state index in [-0.39, 0.29) is 5.91 Å². The first kappa shape index (κ1) is 16.4. The average molecular weight is 385 g/mol. The van der Waals surface area contributed by atoms with Crippen molar-refractivity contribution in [3.63, 3.8) is 0 Å². The zero-order valence-corrected chi connectivity index (χ0v) is 14.7. The molecule has 2 aromatic carbocycles. The number of carbonyl (C=O) groups excluding carboxylic acids is 1. The Morgan fingerprint density at radius 1 is 1.29 bits per heavy atom. The molecule has 0 aliphatic heterocycles. The van der Waals surface area contributed by atoms with Gasteiger partial charge in [0.2, 0.25) is 5.91 Å². The lowest BCUT2D eigenvalue weighted by Crippen LogP contribution is -2.14. The molecule has 0 saturated carbocycles. The number of hydrogen-bond acceptors (Lipinski definition) is 2. The van der Waals surface area contributed by atoms with Gasteiger partial charge >= 0.3 is 0 Å². The molecule has 110 valence electrons. The maximum atomic E-state index is 11.9. The standard InChI is InChI=1S/C16H15BrClNOS/c1-11-7-14(5-6-15(11)17)19-16(20)10-21-9-12-3-2-4-13(18)8-12/h2-8H,9-10H2,1H3,(H,19,20). The van der Waals surface area contributed by atoms with E-state index in [0.717, 1.165) is 32.1 Å². The molecular weight excluding hydrogens is 370 g/mol. The third-order valence-electron chi connectivity index (χ3n) is 2.83. The summed E-state index contributed by atoms with van der Waals surface area (Å²) < 4.78 is 1.04. The number of thioether (sulfide) groups is 1. The Bertz CT molecular complexity index is 648. The second-order valence-electron chi connectivity index (χ2n) is 4.63. The van der Waals surface area contributed by atoms with Gasteiger partial charge in [-0.25, -0.2) is 0 Å². The maximum Gasteiger partial charge on any atom is 0.234 e. The van der Waals surface area contributed by atoms with Gasteiger partial charge in [-0.3, -0.25) is 4.79 Å². The van der Waals surface area contributed by atoms with Crippen molar-refractivity contribution in [2.24, 2.45) is 0 Å². The van der Waals surface area contributed by atoms with Crippen LogP contribution in [0.1, 0.15) is 11.1 Å². The van der Waals surface area contributed by atoms with Crippen LogP contribution < -0.4 is 5.32 Å². The highest BCUT2D eigenvalue weighted by Gasteiger charge is 2.04. The van der Waals surface area contributed by atoms with Crippen LogP contribution in [0.15, 0.2) is 46.9 Å². The number of anilines is 1. The van der Waals surface area contributed by atoms with E-state index < -0.39 is 0 Å². The van der Waals surface area contributed by atoms with Crippen LogP contribution in [0, 0.1) is 6.92 Å². The monoisotopic (exact) mass is 383 g/mol. The van der Waals surface area contributed by atoms with Gasteiger partial charge in [0, 0.05) is 20.9 Å². The normalized spacial score (nSPS) is 10.4. The molecule has 21 heavy (non-hydrogen) atoms. The molecule has 0 heterocycles. The fraction of sp³-hybridized carbons (Fsp3) is 0.188. The number of carbonyl (C=O) groups is 1. The molecule has 0 radical (unpaired) electrons. The molecule has 2 aromatic rings. The SMILES string of the molecule is Cc1cc(NC(=O)CSCc2cccc(Cl)c2)ccc1Br. The molecule has 0 atom stereocenters. The Hall–Kier alpha value is -0.970. The minimum atomic E-state index is 0.00347. The zero-order valence-electron chi connectivity index (χ0n) is 11.5. The average Bonchev–Trinajstić information content (AvgIpc) is 2.43. The van der Waals surface area contributed by atoms with Crippen molar-refractivity contribution in [2.45, 2.75) is 12.7 Å². The second kappa shape index (κ2) is 7.87. The number of amides is 1. The summed E-state index contributed by atoms with van der Waals surface area (Å²) in [6, 6.07) is 13.5. The highest BCUT2D eigenvalue weighted by atomic mass is 79.9. The first-order valence-corrected chi connectivity index (χ1v) is 8.75. The quantitative estimate of drug-likeness (QED) is 0.759. The van der Waals surface area contributed by atoms with Crippen LogP contribution in [0.5, 0.6) is 0 Å². The molecule has 0 bridgehead atoms. The Morgan fingerprint density at radius 3 is 2.81 bits per heavy atom. The lowest BCUT2D eigenvalue weighted by Gasteiger charge is -2.07. The van der Waals surface area contributed by atoms with Crippen molar-refractivity contribution in [3.8, 4) is 0 Å². The van der Waals surface area contributed by atoms with Crippen LogP contribution in [0.4, 0.5) is 5.69 Å². The van der Waals surface area contributed by atoms with Crippen LogP contribution >= 0.6 is 39.3 Å². The van der Waals surface area contributed by atoms with Gasteiger partial charge in [-0.1, -0.05) is 39.7 Å². The highest BCUT2D eigenvalue weighted by Crippen LogP contribution is 2.21. The summed E-state index contributed by atoms with van der Waals surface area (Å²) in [6.45, 7) is 1.99. The summed E-state index contributed by atoms with van der Waals surface area (Å²) in [6.07, 6.45) is 0. The van der Waals surface area contributed by atoms with Crippen molar-refractivity contribution in [2.75, 3.05) is 11.1 Å². The van der Waals surface area contributed by atoms with Gasteiger partial charge in [0.05, 0.1) is 5.75 Å². The van der Waals surface area contributed by atoms with Crippen molar-refractivity contribution in [1.82, 2.24) is 0 Å². The van der Waals surface area contributed by atoms with Crippen LogP contribution in [-0.4, -0.2) is 11.7 Å². The van der Waals surface area contributed by atoms with Gasteiger partial charge in [-0.05, 0) is 48.4 Å². The molecule has 2 nitrogen and oxygen atoms in total. The molecule has 0 unspecified atom stereocenters. The molecule has 0 aliphatic carbocycles. The molecule has 0 aliphatic rings. The Labute approximate surface area is 142 Å². The van der Waals surface area contributed by atoms with Gasteiger partial charge in [0.15, 0.2) is 0 Å². The molecule has 1 amide bonds. The predicted molar refractivity (Wildman–Crippen MR) is 95.1 cm³/mol. The summed E-state index contributed by atoms with van der Waals surface area (Å²) in [5.41, 5.74) is 3.04. The van der Waals surface area contributed by atoms with Crippen molar-refractivity contribution in [3.05, 3.63) is 63.1 Å². The van der Waals surface area contributed by atoms with Crippen molar-refractivity contribution in [1.29, 1.82) is 0 Å². The fourth-order valence-electron chi connectivity index (χ4n) is 1.81. The van der Waals surface area contributed by atoms with Crippen molar-refractivity contribution >= 4 is 50.9 Å². The number of aryl methyl sites for hydroxylation is 1. The van der Waals surface area contributed by atoms with E-state index in [9.17, 15) is 4.79 Å². The maximum absolute atomic E-state index is 11.9. The summed E-state index contributed by atoms with van der Waals surface area (Å²) in [7, 11) is 0. The first-order chi connectivity index (χ1) is 10.0. The lowest BCUT2D eigenvalue weighted by molar-refractivity contribution is -0.113. The highest BCUT2D eigenvalue weighted by molar-refractivity contribution is 9.10. The number of rotatable bonds is 5. The largest absolute Gasteiger partial charge is 0.325 e. The predicted octanol–water partition coefficient (Wildman–Crippen LogP) is 5.28. The third kappa shape index (κ3) is 5.38. The molecule has 5 heteroatoms. The molecule has 2 rings (SSSR count). The molecule has 0 spiro atoms. The van der Waals surface area contributed by atoms with E-state index in [4.69, 9.17) is 11.6 Å². The van der Waals surface area contributed by atoms with Crippen LogP contribution in [0.25, 0.3) is 0 Å². The van der Waals surface area contributed by atoms with Crippen LogP contribution in [-0.2, 0) is 10.5 Å².